The van der Waals surface area contributed by atoms with Crippen molar-refractivity contribution in [1.82, 2.24) is 19.7 Å². The number of fused-ring (bicyclic) bond motifs is 1. The predicted octanol–water partition coefficient (Wildman–Crippen LogP) is 4.36. The Hall–Kier alpha value is -2.67. The number of pyridine rings is 1. The van der Waals surface area contributed by atoms with Crippen LogP contribution in [0.3, 0.4) is 0 Å². The standard InChI is InChI=1S/C22H25N5OS/c1-3-13-27-20(17-9-11-23-12-10-17)25-26-22(27)29-15(2)21(28)24-19-8-7-16-5-4-6-18(16)14-19/h7-12,14-15H,3-6,13H2,1-2H3,(H,24,28)/t15-/m1/s1. The van der Waals surface area contributed by atoms with E-state index in [1.165, 1.54) is 29.3 Å². The lowest BCUT2D eigenvalue weighted by Gasteiger charge is -2.14. The maximum atomic E-state index is 12.8. The first-order valence-corrected chi connectivity index (χ1v) is 11.0. The lowest BCUT2D eigenvalue weighted by atomic mass is 10.1. The number of carbonyl (C=O) groups is 1. The number of carbonyl (C=O) groups excluding carboxylic acids is 1. The van der Waals surface area contributed by atoms with E-state index in [0.717, 1.165) is 48.0 Å². The van der Waals surface area contributed by atoms with Crippen LogP contribution in [-0.2, 0) is 24.2 Å². The molecule has 150 valence electrons. The van der Waals surface area contributed by atoms with Crippen LogP contribution in [-0.4, -0.2) is 30.9 Å². The highest BCUT2D eigenvalue weighted by Crippen LogP contribution is 2.29. The molecule has 6 nitrogen and oxygen atoms in total. The molecule has 0 radical (unpaired) electrons. The zero-order valence-corrected chi connectivity index (χ0v) is 17.6. The molecule has 1 aromatic carbocycles. The minimum Gasteiger partial charge on any atom is -0.325 e. The van der Waals surface area contributed by atoms with Crippen molar-refractivity contribution < 1.29 is 4.79 Å². The number of nitrogens with one attached hydrogen (secondary N) is 1. The van der Waals surface area contributed by atoms with Crippen LogP contribution in [0.5, 0.6) is 0 Å². The lowest BCUT2D eigenvalue weighted by molar-refractivity contribution is -0.115. The second-order valence-electron chi connectivity index (χ2n) is 7.28. The Bertz CT molecular complexity index is 1000. The fourth-order valence-corrected chi connectivity index (χ4v) is 4.50. The largest absolute Gasteiger partial charge is 0.325 e. The first kappa shape index (κ1) is 19.6. The van der Waals surface area contributed by atoms with Crippen LogP contribution in [0, 0.1) is 0 Å². The van der Waals surface area contributed by atoms with Gasteiger partial charge in [-0.05, 0) is 68.0 Å². The molecule has 0 spiro atoms. The van der Waals surface area contributed by atoms with Gasteiger partial charge in [-0.1, -0.05) is 24.8 Å². The summed E-state index contributed by atoms with van der Waals surface area (Å²) in [5, 5.41) is 12.3. The quantitative estimate of drug-likeness (QED) is 0.589. The highest BCUT2D eigenvalue weighted by Gasteiger charge is 2.21. The van der Waals surface area contributed by atoms with Gasteiger partial charge in [0, 0.05) is 30.2 Å². The van der Waals surface area contributed by atoms with Crippen LogP contribution in [0.4, 0.5) is 5.69 Å². The maximum absolute atomic E-state index is 12.8. The third kappa shape index (κ3) is 4.34. The van der Waals surface area contributed by atoms with Crippen molar-refractivity contribution in [3.63, 3.8) is 0 Å². The van der Waals surface area contributed by atoms with Gasteiger partial charge < -0.3 is 9.88 Å². The van der Waals surface area contributed by atoms with E-state index in [4.69, 9.17) is 0 Å². The topological polar surface area (TPSA) is 72.7 Å². The van der Waals surface area contributed by atoms with Crippen LogP contribution in [0.2, 0.25) is 0 Å². The van der Waals surface area contributed by atoms with Gasteiger partial charge in [-0.3, -0.25) is 9.78 Å². The smallest absolute Gasteiger partial charge is 0.237 e. The SMILES string of the molecule is CCCn1c(S[C@H](C)C(=O)Nc2ccc3c(c2)CCC3)nnc1-c1ccncc1. The zero-order valence-electron chi connectivity index (χ0n) is 16.8. The van der Waals surface area contributed by atoms with Gasteiger partial charge in [0.05, 0.1) is 5.25 Å². The Kier molecular flexibility index (Phi) is 5.94. The van der Waals surface area contributed by atoms with E-state index < -0.39 is 0 Å². The molecule has 0 unspecified atom stereocenters. The number of hydrogen-bond donors (Lipinski definition) is 1. The Balaban J connectivity index is 1.48. The first-order chi connectivity index (χ1) is 14.2. The Morgan fingerprint density at radius 2 is 1.97 bits per heavy atom. The molecule has 0 saturated carbocycles. The average Bonchev–Trinajstić information content (AvgIpc) is 3.36. The molecule has 0 aliphatic heterocycles. The summed E-state index contributed by atoms with van der Waals surface area (Å²) in [4.78, 5) is 16.8. The predicted molar refractivity (Wildman–Crippen MR) is 116 cm³/mol. The van der Waals surface area contributed by atoms with Crippen LogP contribution in [0.15, 0.2) is 47.9 Å². The zero-order chi connectivity index (χ0) is 20.2. The highest BCUT2D eigenvalue weighted by molar-refractivity contribution is 8.00. The number of nitrogens with zero attached hydrogens (tertiary/aromatic N) is 4. The summed E-state index contributed by atoms with van der Waals surface area (Å²) < 4.78 is 2.08. The molecule has 1 aliphatic carbocycles. The molecule has 3 aromatic rings. The van der Waals surface area contributed by atoms with Gasteiger partial charge in [0.25, 0.3) is 0 Å². The minimum atomic E-state index is -0.284. The summed E-state index contributed by atoms with van der Waals surface area (Å²) in [6, 6.07) is 10.1. The van der Waals surface area contributed by atoms with E-state index >= 15 is 0 Å². The van der Waals surface area contributed by atoms with Gasteiger partial charge in [0.2, 0.25) is 5.91 Å². The third-order valence-electron chi connectivity index (χ3n) is 5.12. The molecule has 4 rings (SSSR count). The third-order valence-corrected chi connectivity index (χ3v) is 6.20. The fraction of sp³-hybridized carbons (Fsp3) is 0.364. The fourth-order valence-electron chi connectivity index (χ4n) is 3.62. The molecule has 1 aliphatic rings. The van der Waals surface area contributed by atoms with E-state index in [-0.39, 0.29) is 11.2 Å². The number of aromatic nitrogens is 4. The van der Waals surface area contributed by atoms with Crippen LogP contribution < -0.4 is 5.32 Å². The van der Waals surface area contributed by atoms with Gasteiger partial charge in [-0.15, -0.1) is 10.2 Å². The molecule has 0 fully saturated rings. The van der Waals surface area contributed by atoms with E-state index in [0.29, 0.717) is 0 Å². The molecular formula is C22H25N5OS. The van der Waals surface area contributed by atoms with Crippen LogP contribution in [0.1, 0.15) is 37.8 Å². The van der Waals surface area contributed by atoms with Crippen molar-refractivity contribution in [2.45, 2.75) is 56.5 Å². The molecule has 2 aromatic heterocycles. The van der Waals surface area contributed by atoms with E-state index in [2.05, 4.69) is 44.1 Å². The van der Waals surface area contributed by atoms with Gasteiger partial charge in [0.1, 0.15) is 0 Å². The van der Waals surface area contributed by atoms with Crippen LogP contribution in [0.25, 0.3) is 11.4 Å². The monoisotopic (exact) mass is 407 g/mol. The number of thioether (sulfide) groups is 1. The summed E-state index contributed by atoms with van der Waals surface area (Å²) in [6.07, 6.45) is 7.90. The first-order valence-electron chi connectivity index (χ1n) is 10.1. The van der Waals surface area contributed by atoms with E-state index in [9.17, 15) is 4.79 Å². The van der Waals surface area contributed by atoms with Gasteiger partial charge in [-0.2, -0.15) is 0 Å². The lowest BCUT2D eigenvalue weighted by Crippen LogP contribution is -2.23. The van der Waals surface area contributed by atoms with Crippen molar-refractivity contribution >= 4 is 23.4 Å². The summed E-state index contributed by atoms with van der Waals surface area (Å²) in [5.74, 6) is 0.785. The molecule has 29 heavy (non-hydrogen) atoms. The number of amides is 1. The van der Waals surface area contributed by atoms with E-state index in [1.54, 1.807) is 12.4 Å². The molecule has 1 N–H and O–H groups in total. The molecule has 0 saturated heterocycles. The Labute approximate surface area is 175 Å². The van der Waals surface area contributed by atoms with Gasteiger partial charge in [-0.25, -0.2) is 0 Å². The molecule has 7 heteroatoms. The molecule has 0 bridgehead atoms. The molecular weight excluding hydrogens is 382 g/mol. The normalized spacial score (nSPS) is 13.9. The molecule has 1 amide bonds. The summed E-state index contributed by atoms with van der Waals surface area (Å²) in [7, 11) is 0. The van der Waals surface area contributed by atoms with E-state index in [1.807, 2.05) is 25.1 Å². The molecule has 1 atom stereocenters. The van der Waals surface area contributed by atoms with Crippen molar-refractivity contribution in [3.8, 4) is 11.4 Å². The van der Waals surface area contributed by atoms with Crippen molar-refractivity contribution in [2.75, 3.05) is 5.32 Å². The number of hydrogen-bond acceptors (Lipinski definition) is 5. The number of anilines is 1. The van der Waals surface area contributed by atoms with Gasteiger partial charge in [0.15, 0.2) is 11.0 Å². The highest BCUT2D eigenvalue weighted by atomic mass is 32.2. The summed E-state index contributed by atoms with van der Waals surface area (Å²) in [5.41, 5.74) is 4.60. The Morgan fingerprint density at radius 3 is 2.76 bits per heavy atom. The second kappa shape index (κ2) is 8.78. The summed E-state index contributed by atoms with van der Waals surface area (Å²) in [6.45, 7) is 4.82. The number of aryl methyl sites for hydroxylation is 2. The Morgan fingerprint density at radius 1 is 1.17 bits per heavy atom. The molecule has 2 heterocycles. The number of benzene rings is 1. The summed E-state index contributed by atoms with van der Waals surface area (Å²) >= 11 is 1.44. The second-order valence-corrected chi connectivity index (χ2v) is 8.59. The number of rotatable bonds is 7. The van der Waals surface area contributed by atoms with Crippen molar-refractivity contribution in [3.05, 3.63) is 53.9 Å². The van der Waals surface area contributed by atoms with Crippen molar-refractivity contribution in [1.29, 1.82) is 0 Å². The van der Waals surface area contributed by atoms with Crippen molar-refractivity contribution in [2.24, 2.45) is 0 Å². The minimum absolute atomic E-state index is 0.0237. The average molecular weight is 408 g/mol. The maximum Gasteiger partial charge on any atom is 0.237 e. The van der Waals surface area contributed by atoms with Crippen LogP contribution >= 0.6 is 11.8 Å². The van der Waals surface area contributed by atoms with Gasteiger partial charge >= 0.3 is 0 Å².